The summed E-state index contributed by atoms with van der Waals surface area (Å²) in [5, 5.41) is 16.9. The van der Waals surface area contributed by atoms with Crippen molar-refractivity contribution < 1.29 is 23.9 Å². The van der Waals surface area contributed by atoms with Gasteiger partial charge in [-0.05, 0) is 34.1 Å². The van der Waals surface area contributed by atoms with E-state index in [-0.39, 0.29) is 15.5 Å². The molecule has 9 heteroatoms. The quantitative estimate of drug-likeness (QED) is 0.348. The van der Waals surface area contributed by atoms with Crippen LogP contribution in [0.5, 0.6) is 0 Å². The highest BCUT2D eigenvalue weighted by molar-refractivity contribution is 9.10. The second kappa shape index (κ2) is 8.68. The molecule has 0 spiro atoms. The van der Waals surface area contributed by atoms with Crippen molar-refractivity contribution in [3.05, 3.63) is 62.6 Å². The van der Waals surface area contributed by atoms with E-state index in [4.69, 9.17) is 33.5 Å². The van der Waals surface area contributed by atoms with Gasteiger partial charge in [-0.3, -0.25) is 10.1 Å². The summed E-state index contributed by atoms with van der Waals surface area (Å²) >= 11 is 13.8. The van der Waals surface area contributed by atoms with Gasteiger partial charge in [0.2, 0.25) is 0 Å². The first-order valence-electron chi connectivity index (χ1n) is 5.40. The summed E-state index contributed by atoms with van der Waals surface area (Å²) in [6, 6.07) is 8.79. The van der Waals surface area contributed by atoms with Gasteiger partial charge in [-0.15, -0.1) is 0 Å². The van der Waals surface area contributed by atoms with Crippen LogP contribution in [0.3, 0.4) is 0 Å². The molecule has 0 saturated heterocycles. The lowest BCUT2D eigenvalue weighted by Crippen LogP contribution is -2.35. The third-order valence-corrected chi connectivity index (χ3v) is 3.45. The SMILES string of the molecule is Fc1c(Cl)cccc1Br.OOB(O)c1cccc(Cl)c1F. The van der Waals surface area contributed by atoms with Gasteiger partial charge in [0.25, 0.3) is 0 Å². The van der Waals surface area contributed by atoms with Crippen LogP contribution >= 0.6 is 39.1 Å². The molecule has 0 aromatic heterocycles. The summed E-state index contributed by atoms with van der Waals surface area (Å²) in [6.45, 7) is 0. The van der Waals surface area contributed by atoms with Crippen LogP contribution in [0.1, 0.15) is 0 Å². The average molecular weight is 400 g/mol. The number of rotatable bonds is 2. The smallest absolute Gasteiger partial charge is 0.422 e. The van der Waals surface area contributed by atoms with E-state index in [2.05, 4.69) is 20.7 Å². The summed E-state index contributed by atoms with van der Waals surface area (Å²) in [5.74, 6) is -1.21. The molecule has 112 valence electrons. The Balaban J connectivity index is 0.000000219. The van der Waals surface area contributed by atoms with E-state index in [1.807, 2.05) is 0 Å². The fraction of sp³-hybridized carbons (Fsp3) is 0. The molecule has 0 saturated carbocycles. The largest absolute Gasteiger partial charge is 0.525 e. The van der Waals surface area contributed by atoms with Crippen LogP contribution in [0.2, 0.25) is 10.0 Å². The highest BCUT2D eigenvalue weighted by Gasteiger charge is 2.22. The Hall–Kier alpha value is -0.695. The molecule has 2 rings (SSSR count). The summed E-state index contributed by atoms with van der Waals surface area (Å²) in [5.41, 5.74) is -0.204. The molecule has 3 nitrogen and oxygen atoms in total. The summed E-state index contributed by atoms with van der Waals surface area (Å²) < 4.78 is 25.9. The fourth-order valence-corrected chi connectivity index (χ4v) is 2.08. The van der Waals surface area contributed by atoms with Gasteiger partial charge in [0, 0.05) is 5.46 Å². The van der Waals surface area contributed by atoms with Gasteiger partial charge in [-0.25, -0.2) is 8.78 Å². The van der Waals surface area contributed by atoms with Gasteiger partial charge in [0.1, 0.15) is 5.82 Å². The Morgan fingerprint density at radius 2 is 1.52 bits per heavy atom. The maximum absolute atomic E-state index is 13.0. The molecule has 0 amide bonds. The minimum atomic E-state index is -1.70. The van der Waals surface area contributed by atoms with Crippen molar-refractivity contribution in [2.45, 2.75) is 0 Å². The first-order chi connectivity index (χ1) is 9.88. The molecule has 2 aromatic rings. The van der Waals surface area contributed by atoms with Crippen LogP contribution in [0.15, 0.2) is 40.9 Å². The van der Waals surface area contributed by atoms with E-state index in [1.54, 1.807) is 12.1 Å². The lowest BCUT2D eigenvalue weighted by molar-refractivity contribution is -0.154. The average Bonchev–Trinajstić information content (AvgIpc) is 2.47. The van der Waals surface area contributed by atoms with Crippen molar-refractivity contribution in [3.63, 3.8) is 0 Å². The van der Waals surface area contributed by atoms with Crippen LogP contribution in [0, 0.1) is 11.6 Å². The van der Waals surface area contributed by atoms with Crippen LogP contribution < -0.4 is 5.46 Å². The van der Waals surface area contributed by atoms with Gasteiger partial charge in [0.05, 0.1) is 14.5 Å². The topological polar surface area (TPSA) is 49.7 Å². The first kappa shape index (κ1) is 18.4. The molecule has 0 radical (unpaired) electrons. The number of hydrogen-bond donors (Lipinski definition) is 2. The lowest BCUT2D eigenvalue weighted by atomic mass is 9.80. The second-order valence-corrected chi connectivity index (χ2v) is 5.31. The molecule has 0 aliphatic rings. The molecular weight excluding hydrogens is 392 g/mol. The minimum absolute atomic E-state index is 0.136. The third kappa shape index (κ3) is 5.21. The van der Waals surface area contributed by atoms with E-state index in [0.717, 1.165) is 0 Å². The number of halogens is 5. The van der Waals surface area contributed by atoms with E-state index >= 15 is 0 Å². The molecule has 0 heterocycles. The molecule has 0 fully saturated rings. The highest BCUT2D eigenvalue weighted by atomic mass is 79.9. The molecule has 0 aliphatic heterocycles. The van der Waals surface area contributed by atoms with Gasteiger partial charge in [-0.1, -0.05) is 41.4 Å². The molecular formula is C12H8BBrCl2F2O3. The first-order valence-corrected chi connectivity index (χ1v) is 6.95. The van der Waals surface area contributed by atoms with E-state index in [0.29, 0.717) is 4.47 Å². The normalized spacial score (nSPS) is 9.86. The Morgan fingerprint density at radius 1 is 1.00 bits per heavy atom. The molecule has 0 atom stereocenters. The van der Waals surface area contributed by atoms with Crippen LogP contribution in [-0.4, -0.2) is 17.4 Å². The molecule has 21 heavy (non-hydrogen) atoms. The maximum atomic E-state index is 13.0. The summed E-state index contributed by atoms with van der Waals surface area (Å²) in [6.07, 6.45) is 0. The predicted molar refractivity (Wildman–Crippen MR) is 81.8 cm³/mol. The maximum Gasteiger partial charge on any atom is 0.525 e. The van der Waals surface area contributed by atoms with Crippen LogP contribution in [0.4, 0.5) is 8.78 Å². The zero-order valence-corrected chi connectivity index (χ0v) is 13.3. The Kier molecular flexibility index (Phi) is 7.58. The lowest BCUT2D eigenvalue weighted by Gasteiger charge is -2.03. The number of hydrogen-bond acceptors (Lipinski definition) is 3. The van der Waals surface area contributed by atoms with E-state index < -0.39 is 18.8 Å². The predicted octanol–water partition coefficient (Wildman–Crippen LogP) is 3.90. The minimum Gasteiger partial charge on any atom is -0.422 e. The third-order valence-electron chi connectivity index (χ3n) is 2.25. The zero-order valence-electron chi connectivity index (χ0n) is 10.2. The van der Waals surface area contributed by atoms with Crippen molar-refractivity contribution in [2.24, 2.45) is 0 Å². The van der Waals surface area contributed by atoms with Gasteiger partial charge in [0.15, 0.2) is 5.82 Å². The van der Waals surface area contributed by atoms with Crippen molar-refractivity contribution in [1.82, 2.24) is 0 Å². The van der Waals surface area contributed by atoms with Crippen molar-refractivity contribution in [3.8, 4) is 0 Å². The van der Waals surface area contributed by atoms with Crippen LogP contribution in [0.25, 0.3) is 0 Å². The second-order valence-electron chi connectivity index (χ2n) is 3.64. The van der Waals surface area contributed by atoms with Crippen molar-refractivity contribution in [1.29, 1.82) is 0 Å². The van der Waals surface area contributed by atoms with Gasteiger partial charge >= 0.3 is 7.12 Å². The van der Waals surface area contributed by atoms with Gasteiger partial charge < -0.3 is 5.02 Å². The van der Waals surface area contributed by atoms with Crippen molar-refractivity contribution in [2.75, 3.05) is 0 Å². The molecule has 0 bridgehead atoms. The number of benzene rings is 2. The van der Waals surface area contributed by atoms with Crippen molar-refractivity contribution >= 4 is 51.7 Å². The molecule has 2 N–H and O–H groups in total. The standard InChI is InChI=1S/C6H5BClFO3.C6H3BrClF/c8-5-3-1-2-4(6(5)9)7(10)12-11;7-4-2-1-3-5(8)6(4)9/h1-3,10-11H;1-3H. The summed E-state index contributed by atoms with van der Waals surface area (Å²) in [4.78, 5) is 3.53. The Labute approximate surface area is 138 Å². The highest BCUT2D eigenvalue weighted by Crippen LogP contribution is 2.21. The monoisotopic (exact) mass is 398 g/mol. The van der Waals surface area contributed by atoms with Gasteiger partial charge in [-0.2, -0.15) is 0 Å². The molecule has 0 aliphatic carbocycles. The molecule has 0 unspecified atom stereocenters. The zero-order chi connectivity index (χ0) is 16.0. The summed E-state index contributed by atoms with van der Waals surface area (Å²) in [7, 11) is -1.70. The Morgan fingerprint density at radius 3 is 2.00 bits per heavy atom. The van der Waals surface area contributed by atoms with Crippen LogP contribution in [-0.2, 0) is 4.81 Å². The van der Waals surface area contributed by atoms with E-state index in [9.17, 15) is 8.78 Å². The fourth-order valence-electron chi connectivity index (χ4n) is 1.25. The van der Waals surface area contributed by atoms with E-state index in [1.165, 1.54) is 24.3 Å². The Bertz CT molecular complexity index is 599. The molecule has 2 aromatic carbocycles.